The highest BCUT2D eigenvalue weighted by Gasteiger charge is 2.13. The molecule has 0 aliphatic carbocycles. The Kier molecular flexibility index (Phi) is 6.48. The molecule has 0 bridgehead atoms. The molecule has 19 heavy (non-hydrogen) atoms. The molecule has 0 aromatic heterocycles. The van der Waals surface area contributed by atoms with E-state index in [2.05, 4.69) is 26.6 Å². The van der Waals surface area contributed by atoms with Crippen molar-refractivity contribution < 1.29 is 14.3 Å². The lowest BCUT2D eigenvalue weighted by molar-refractivity contribution is -0.126. The largest absolute Gasteiger partial charge is 0.383 e. The standard InChI is InChI=1S/C12H16BrN3O3/c1-19-7-10(14)12(18)15-6-11(17)16-9-4-2-8(13)3-5-9/h2-5,10H,6-7,14H2,1H3,(H,15,18)(H,16,17). The van der Waals surface area contributed by atoms with Gasteiger partial charge in [-0.15, -0.1) is 0 Å². The van der Waals surface area contributed by atoms with Crippen LogP contribution in [0.3, 0.4) is 0 Å². The zero-order valence-corrected chi connectivity index (χ0v) is 12.1. The molecule has 0 saturated carbocycles. The minimum atomic E-state index is -0.773. The third-order valence-corrected chi connectivity index (χ3v) is 2.76. The summed E-state index contributed by atoms with van der Waals surface area (Å²) in [7, 11) is 1.45. The molecule has 1 atom stereocenters. The summed E-state index contributed by atoms with van der Waals surface area (Å²) in [5.41, 5.74) is 6.17. The second kappa shape index (κ2) is 7.88. The fraction of sp³-hybridized carbons (Fsp3) is 0.333. The maximum absolute atomic E-state index is 11.6. The summed E-state index contributed by atoms with van der Waals surface area (Å²) >= 11 is 3.30. The number of carbonyl (C=O) groups excluding carboxylic acids is 2. The number of amides is 2. The minimum Gasteiger partial charge on any atom is -0.383 e. The van der Waals surface area contributed by atoms with Crippen LogP contribution in [0.5, 0.6) is 0 Å². The van der Waals surface area contributed by atoms with Crippen molar-refractivity contribution in [2.24, 2.45) is 5.73 Å². The number of benzene rings is 1. The maximum Gasteiger partial charge on any atom is 0.243 e. The molecule has 1 aromatic carbocycles. The topological polar surface area (TPSA) is 93.4 Å². The second-order valence-corrected chi connectivity index (χ2v) is 4.75. The van der Waals surface area contributed by atoms with E-state index in [1.54, 1.807) is 12.1 Å². The Hall–Kier alpha value is -1.44. The Morgan fingerprint density at radius 3 is 2.58 bits per heavy atom. The Morgan fingerprint density at radius 2 is 2.00 bits per heavy atom. The van der Waals surface area contributed by atoms with Crippen LogP contribution in [0.15, 0.2) is 28.7 Å². The summed E-state index contributed by atoms with van der Waals surface area (Å²) in [5, 5.41) is 5.08. The van der Waals surface area contributed by atoms with E-state index in [-0.39, 0.29) is 19.1 Å². The molecule has 0 spiro atoms. The van der Waals surface area contributed by atoms with E-state index in [1.165, 1.54) is 7.11 Å². The molecule has 0 saturated heterocycles. The molecule has 7 heteroatoms. The lowest BCUT2D eigenvalue weighted by Crippen LogP contribution is -2.45. The van der Waals surface area contributed by atoms with E-state index in [0.29, 0.717) is 5.69 Å². The van der Waals surface area contributed by atoms with Gasteiger partial charge in [0.1, 0.15) is 6.04 Å². The Labute approximate surface area is 119 Å². The van der Waals surface area contributed by atoms with Gasteiger partial charge in [0.25, 0.3) is 0 Å². The molecule has 4 N–H and O–H groups in total. The number of anilines is 1. The predicted octanol–water partition coefficient (Wildman–Crippen LogP) is 0.478. The van der Waals surface area contributed by atoms with Gasteiger partial charge >= 0.3 is 0 Å². The van der Waals surface area contributed by atoms with Crippen molar-refractivity contribution in [2.45, 2.75) is 6.04 Å². The molecule has 1 rings (SSSR count). The molecule has 2 amide bonds. The summed E-state index contributed by atoms with van der Waals surface area (Å²) in [6, 6.07) is 6.34. The van der Waals surface area contributed by atoms with Crippen LogP contribution in [0.1, 0.15) is 0 Å². The third kappa shape index (κ3) is 5.82. The highest BCUT2D eigenvalue weighted by molar-refractivity contribution is 9.10. The molecule has 0 fully saturated rings. The smallest absolute Gasteiger partial charge is 0.243 e. The average molecular weight is 330 g/mol. The molecule has 1 aromatic rings. The Bertz CT molecular complexity index is 436. The third-order valence-electron chi connectivity index (χ3n) is 2.23. The van der Waals surface area contributed by atoms with Crippen LogP contribution in [0.2, 0.25) is 0 Å². The summed E-state index contributed by atoms with van der Waals surface area (Å²) in [4.78, 5) is 23.0. The van der Waals surface area contributed by atoms with Gasteiger partial charge in [0.05, 0.1) is 13.2 Å². The fourth-order valence-electron chi connectivity index (χ4n) is 1.29. The van der Waals surface area contributed by atoms with Crippen molar-refractivity contribution in [3.05, 3.63) is 28.7 Å². The Balaban J connectivity index is 2.35. The van der Waals surface area contributed by atoms with Crippen LogP contribution in [0.4, 0.5) is 5.69 Å². The minimum absolute atomic E-state index is 0.111. The van der Waals surface area contributed by atoms with Crippen LogP contribution in [-0.2, 0) is 14.3 Å². The van der Waals surface area contributed by atoms with E-state index >= 15 is 0 Å². The number of hydrogen-bond acceptors (Lipinski definition) is 4. The first-order valence-corrected chi connectivity index (χ1v) is 6.40. The van der Waals surface area contributed by atoms with Crippen molar-refractivity contribution in [3.63, 3.8) is 0 Å². The quantitative estimate of drug-likeness (QED) is 0.707. The first-order chi connectivity index (χ1) is 9.02. The number of carbonyl (C=O) groups is 2. The van der Waals surface area contributed by atoms with Crippen LogP contribution in [0, 0.1) is 0 Å². The lowest BCUT2D eigenvalue weighted by atomic mass is 10.3. The highest BCUT2D eigenvalue weighted by atomic mass is 79.9. The van der Waals surface area contributed by atoms with Crippen LogP contribution in [0.25, 0.3) is 0 Å². The van der Waals surface area contributed by atoms with Crippen molar-refractivity contribution in [1.82, 2.24) is 5.32 Å². The number of halogens is 1. The van der Waals surface area contributed by atoms with Crippen molar-refractivity contribution in [3.8, 4) is 0 Å². The van der Waals surface area contributed by atoms with Crippen molar-refractivity contribution in [1.29, 1.82) is 0 Å². The molecular weight excluding hydrogens is 314 g/mol. The Morgan fingerprint density at radius 1 is 1.37 bits per heavy atom. The first kappa shape index (κ1) is 15.6. The molecule has 0 heterocycles. The van der Waals surface area contributed by atoms with Crippen LogP contribution >= 0.6 is 15.9 Å². The van der Waals surface area contributed by atoms with Gasteiger partial charge in [0.15, 0.2) is 0 Å². The predicted molar refractivity (Wildman–Crippen MR) is 75.6 cm³/mol. The van der Waals surface area contributed by atoms with Gasteiger partial charge in [0.2, 0.25) is 11.8 Å². The van der Waals surface area contributed by atoms with Gasteiger partial charge in [-0.3, -0.25) is 9.59 Å². The van der Waals surface area contributed by atoms with Crippen LogP contribution < -0.4 is 16.4 Å². The monoisotopic (exact) mass is 329 g/mol. The number of methoxy groups -OCH3 is 1. The summed E-state index contributed by atoms with van der Waals surface area (Å²) < 4.78 is 5.67. The van der Waals surface area contributed by atoms with Gasteiger partial charge in [-0.25, -0.2) is 0 Å². The van der Waals surface area contributed by atoms with E-state index in [9.17, 15) is 9.59 Å². The van der Waals surface area contributed by atoms with Crippen LogP contribution in [-0.4, -0.2) is 38.1 Å². The van der Waals surface area contributed by atoms with E-state index in [0.717, 1.165) is 4.47 Å². The molecule has 6 nitrogen and oxygen atoms in total. The van der Waals surface area contributed by atoms with Crippen molar-refractivity contribution >= 4 is 33.4 Å². The molecule has 0 aliphatic rings. The second-order valence-electron chi connectivity index (χ2n) is 3.83. The van der Waals surface area contributed by atoms with Gasteiger partial charge in [-0.1, -0.05) is 15.9 Å². The SMILES string of the molecule is COCC(N)C(=O)NCC(=O)Nc1ccc(Br)cc1. The molecule has 0 aliphatic heterocycles. The number of nitrogens with one attached hydrogen (secondary N) is 2. The molecule has 0 radical (unpaired) electrons. The summed E-state index contributed by atoms with van der Waals surface area (Å²) in [6.45, 7) is -0.0214. The number of rotatable bonds is 6. The van der Waals surface area contributed by atoms with Gasteiger partial charge in [0, 0.05) is 17.3 Å². The van der Waals surface area contributed by atoms with Gasteiger partial charge in [-0.2, -0.15) is 0 Å². The number of ether oxygens (including phenoxy) is 1. The maximum atomic E-state index is 11.6. The molecular formula is C12H16BrN3O3. The first-order valence-electron chi connectivity index (χ1n) is 5.60. The molecule has 104 valence electrons. The van der Waals surface area contributed by atoms with E-state index < -0.39 is 11.9 Å². The van der Waals surface area contributed by atoms with E-state index in [4.69, 9.17) is 10.5 Å². The van der Waals surface area contributed by atoms with E-state index in [1.807, 2.05) is 12.1 Å². The fourth-order valence-corrected chi connectivity index (χ4v) is 1.56. The summed E-state index contributed by atoms with van der Waals surface area (Å²) in [5.74, 6) is -0.743. The van der Waals surface area contributed by atoms with Gasteiger partial charge in [-0.05, 0) is 24.3 Å². The lowest BCUT2D eigenvalue weighted by Gasteiger charge is -2.11. The molecule has 1 unspecified atom stereocenters. The average Bonchev–Trinajstić information content (AvgIpc) is 2.39. The normalized spacial score (nSPS) is 11.7. The highest BCUT2D eigenvalue weighted by Crippen LogP contribution is 2.13. The van der Waals surface area contributed by atoms with Gasteiger partial charge < -0.3 is 21.1 Å². The zero-order chi connectivity index (χ0) is 14.3. The van der Waals surface area contributed by atoms with Crippen molar-refractivity contribution in [2.75, 3.05) is 25.6 Å². The summed E-state index contributed by atoms with van der Waals surface area (Å²) in [6.07, 6.45) is 0. The zero-order valence-electron chi connectivity index (χ0n) is 10.5. The number of nitrogens with two attached hydrogens (primary N) is 1. The number of hydrogen-bond donors (Lipinski definition) is 3.